The molecule has 1 aromatic carbocycles. The number of aryl methyl sites for hydroxylation is 1. The molecule has 0 atom stereocenters. The van der Waals surface area contributed by atoms with Gasteiger partial charge < -0.3 is 0 Å². The van der Waals surface area contributed by atoms with Crippen molar-refractivity contribution in [3.05, 3.63) is 23.8 Å². The molecule has 0 aliphatic carbocycles. The van der Waals surface area contributed by atoms with Gasteiger partial charge in [-0.1, -0.05) is 18.2 Å². The van der Waals surface area contributed by atoms with Crippen LogP contribution in [0, 0.1) is 6.92 Å². The minimum Gasteiger partial charge on any atom is -0.196 e. The van der Waals surface area contributed by atoms with Crippen LogP contribution >= 0.6 is 11.3 Å². The maximum absolute atomic E-state index is 4.12. The second kappa shape index (κ2) is 2.29. The highest BCUT2D eigenvalue weighted by molar-refractivity contribution is 7.25. The standard InChI is InChI=1S/C9H7N3S/c1-5-3-2-4-6-7-9(11-12-10-7)13-8(5)6/h2-4H,1H3,(H,10,11,12). The quantitative estimate of drug-likeness (QED) is 0.590. The van der Waals surface area contributed by atoms with Gasteiger partial charge in [0.05, 0.1) is 0 Å². The van der Waals surface area contributed by atoms with Gasteiger partial charge in [-0.3, -0.25) is 0 Å². The fourth-order valence-electron chi connectivity index (χ4n) is 1.54. The van der Waals surface area contributed by atoms with Gasteiger partial charge in [0.2, 0.25) is 0 Å². The predicted molar refractivity (Wildman–Crippen MR) is 54.0 cm³/mol. The van der Waals surface area contributed by atoms with E-state index >= 15 is 0 Å². The van der Waals surface area contributed by atoms with Crippen LogP contribution in [-0.2, 0) is 0 Å². The molecule has 4 heteroatoms. The molecule has 2 heterocycles. The molecule has 0 bridgehead atoms. The van der Waals surface area contributed by atoms with Gasteiger partial charge in [-0.15, -0.1) is 16.4 Å². The van der Waals surface area contributed by atoms with Gasteiger partial charge in [-0.05, 0) is 12.5 Å². The number of nitrogens with zero attached hydrogens (tertiary/aromatic N) is 2. The van der Waals surface area contributed by atoms with E-state index in [1.54, 1.807) is 11.3 Å². The lowest BCUT2D eigenvalue weighted by molar-refractivity contribution is 0.962. The first kappa shape index (κ1) is 7.03. The SMILES string of the molecule is Cc1cccc2c1sc1n[nH]nc12. The number of rotatable bonds is 0. The molecule has 13 heavy (non-hydrogen) atoms. The average Bonchev–Trinajstić information content (AvgIpc) is 2.65. The Kier molecular flexibility index (Phi) is 1.24. The third kappa shape index (κ3) is 0.833. The molecule has 0 saturated heterocycles. The number of aromatic nitrogens is 3. The van der Waals surface area contributed by atoms with E-state index in [-0.39, 0.29) is 0 Å². The van der Waals surface area contributed by atoms with E-state index in [1.165, 1.54) is 15.6 Å². The van der Waals surface area contributed by atoms with Crippen LogP contribution in [0.2, 0.25) is 0 Å². The molecule has 1 N–H and O–H groups in total. The number of nitrogens with one attached hydrogen (secondary N) is 1. The van der Waals surface area contributed by atoms with E-state index < -0.39 is 0 Å². The second-order valence-electron chi connectivity index (χ2n) is 3.03. The Morgan fingerprint density at radius 1 is 1.31 bits per heavy atom. The summed E-state index contributed by atoms with van der Waals surface area (Å²) in [5.74, 6) is 0. The Morgan fingerprint density at radius 2 is 2.23 bits per heavy atom. The molecular weight excluding hydrogens is 182 g/mol. The Hall–Kier alpha value is -1.42. The first-order chi connectivity index (χ1) is 6.36. The zero-order valence-corrected chi connectivity index (χ0v) is 7.85. The van der Waals surface area contributed by atoms with Gasteiger partial charge in [-0.25, -0.2) is 0 Å². The van der Waals surface area contributed by atoms with Crippen LogP contribution < -0.4 is 0 Å². The van der Waals surface area contributed by atoms with E-state index in [2.05, 4.69) is 40.5 Å². The van der Waals surface area contributed by atoms with Gasteiger partial charge in [0, 0.05) is 10.1 Å². The van der Waals surface area contributed by atoms with Crippen LogP contribution in [0.25, 0.3) is 20.4 Å². The fourth-order valence-corrected chi connectivity index (χ4v) is 2.57. The highest BCUT2D eigenvalue weighted by atomic mass is 32.1. The number of thiophene rings is 1. The van der Waals surface area contributed by atoms with Crippen LogP contribution in [0.3, 0.4) is 0 Å². The Labute approximate surface area is 78.4 Å². The molecule has 3 rings (SSSR count). The van der Waals surface area contributed by atoms with Crippen molar-refractivity contribution in [2.45, 2.75) is 6.92 Å². The minimum absolute atomic E-state index is 0.990. The molecule has 64 valence electrons. The first-order valence-corrected chi connectivity index (χ1v) is 4.86. The van der Waals surface area contributed by atoms with Crippen LogP contribution in [0.1, 0.15) is 5.56 Å². The Bertz CT molecular complexity index is 579. The summed E-state index contributed by atoms with van der Waals surface area (Å²) in [6.45, 7) is 2.11. The van der Waals surface area contributed by atoms with Crippen molar-refractivity contribution in [3.63, 3.8) is 0 Å². The number of fused-ring (bicyclic) bond motifs is 3. The monoisotopic (exact) mass is 189 g/mol. The fraction of sp³-hybridized carbons (Fsp3) is 0.111. The number of hydrogen-bond donors (Lipinski definition) is 1. The summed E-state index contributed by atoms with van der Waals surface area (Å²) >= 11 is 1.69. The van der Waals surface area contributed by atoms with Crippen molar-refractivity contribution in [3.8, 4) is 0 Å². The Balaban J connectivity index is 2.66. The molecule has 3 aromatic rings. The predicted octanol–water partition coefficient (Wildman–Crippen LogP) is 2.48. The number of benzene rings is 1. The number of hydrogen-bond acceptors (Lipinski definition) is 3. The molecule has 0 saturated carbocycles. The normalized spacial score (nSPS) is 11.5. The highest BCUT2D eigenvalue weighted by Crippen LogP contribution is 2.32. The summed E-state index contributed by atoms with van der Waals surface area (Å²) in [4.78, 5) is 0.990. The average molecular weight is 189 g/mol. The van der Waals surface area contributed by atoms with Crippen molar-refractivity contribution in [2.24, 2.45) is 0 Å². The van der Waals surface area contributed by atoms with Gasteiger partial charge in [0.15, 0.2) is 4.83 Å². The summed E-state index contributed by atoms with van der Waals surface area (Å²) in [6.07, 6.45) is 0. The van der Waals surface area contributed by atoms with Crippen LogP contribution in [-0.4, -0.2) is 15.4 Å². The van der Waals surface area contributed by atoms with Crippen LogP contribution in [0.15, 0.2) is 18.2 Å². The molecule has 0 fully saturated rings. The Morgan fingerprint density at radius 3 is 3.15 bits per heavy atom. The van der Waals surface area contributed by atoms with E-state index in [0.29, 0.717) is 0 Å². The van der Waals surface area contributed by atoms with Crippen molar-refractivity contribution in [1.82, 2.24) is 15.4 Å². The largest absolute Gasteiger partial charge is 0.196 e. The van der Waals surface area contributed by atoms with Crippen molar-refractivity contribution in [1.29, 1.82) is 0 Å². The topological polar surface area (TPSA) is 41.6 Å². The molecule has 3 nitrogen and oxygen atoms in total. The lowest BCUT2D eigenvalue weighted by Gasteiger charge is -1.92. The third-order valence-corrected chi connectivity index (χ3v) is 3.41. The van der Waals surface area contributed by atoms with E-state index in [1.807, 2.05) is 0 Å². The van der Waals surface area contributed by atoms with Gasteiger partial charge in [0.1, 0.15) is 5.52 Å². The van der Waals surface area contributed by atoms with Gasteiger partial charge in [-0.2, -0.15) is 10.3 Å². The van der Waals surface area contributed by atoms with Crippen molar-refractivity contribution < 1.29 is 0 Å². The summed E-state index contributed by atoms with van der Waals surface area (Å²) in [6, 6.07) is 6.25. The lowest BCUT2D eigenvalue weighted by atomic mass is 10.2. The van der Waals surface area contributed by atoms with Gasteiger partial charge >= 0.3 is 0 Å². The van der Waals surface area contributed by atoms with Crippen LogP contribution in [0.4, 0.5) is 0 Å². The zero-order chi connectivity index (χ0) is 8.84. The maximum Gasteiger partial charge on any atom is 0.166 e. The molecule has 0 aliphatic heterocycles. The van der Waals surface area contributed by atoms with E-state index in [4.69, 9.17) is 0 Å². The molecule has 0 aliphatic rings. The van der Waals surface area contributed by atoms with Gasteiger partial charge in [0.25, 0.3) is 0 Å². The van der Waals surface area contributed by atoms with Crippen LogP contribution in [0.5, 0.6) is 0 Å². The summed E-state index contributed by atoms with van der Waals surface area (Å²) in [5.41, 5.74) is 2.28. The molecule has 0 radical (unpaired) electrons. The summed E-state index contributed by atoms with van der Waals surface area (Å²) in [7, 11) is 0. The highest BCUT2D eigenvalue weighted by Gasteiger charge is 2.08. The smallest absolute Gasteiger partial charge is 0.166 e. The summed E-state index contributed by atoms with van der Waals surface area (Å²) < 4.78 is 1.29. The number of H-pyrrole nitrogens is 1. The second-order valence-corrected chi connectivity index (χ2v) is 4.03. The molecule has 0 spiro atoms. The minimum atomic E-state index is 0.990. The summed E-state index contributed by atoms with van der Waals surface area (Å²) in [5, 5.41) is 12.0. The van der Waals surface area contributed by atoms with Crippen molar-refractivity contribution in [2.75, 3.05) is 0 Å². The zero-order valence-electron chi connectivity index (χ0n) is 7.03. The molecular formula is C9H7N3S. The molecule has 0 unspecified atom stereocenters. The molecule has 2 aromatic heterocycles. The lowest BCUT2D eigenvalue weighted by Crippen LogP contribution is -1.72. The maximum atomic E-state index is 4.12. The first-order valence-electron chi connectivity index (χ1n) is 4.05. The van der Waals surface area contributed by atoms with Crippen molar-refractivity contribution >= 4 is 31.8 Å². The number of aromatic amines is 1. The third-order valence-electron chi connectivity index (χ3n) is 2.18. The van der Waals surface area contributed by atoms with E-state index in [9.17, 15) is 0 Å². The molecule has 0 amide bonds. The van der Waals surface area contributed by atoms with E-state index in [0.717, 1.165) is 10.3 Å².